The van der Waals surface area contributed by atoms with Crippen molar-refractivity contribution >= 4 is 0 Å². The highest BCUT2D eigenvalue weighted by atomic mass is 14.2. The van der Waals surface area contributed by atoms with Crippen LogP contribution in [0.3, 0.4) is 0 Å². The Morgan fingerprint density at radius 1 is 0.636 bits per heavy atom. The van der Waals surface area contributed by atoms with Crippen molar-refractivity contribution in [3.63, 3.8) is 0 Å². The van der Waals surface area contributed by atoms with Crippen LogP contribution in [0.25, 0.3) is 0 Å². The van der Waals surface area contributed by atoms with Crippen molar-refractivity contribution < 1.29 is 0 Å². The van der Waals surface area contributed by atoms with E-state index in [1.165, 1.54) is 27.8 Å². The zero-order chi connectivity index (χ0) is 24.2. The Morgan fingerprint density at radius 2 is 1.06 bits per heavy atom. The molecule has 0 aliphatic heterocycles. The maximum atomic E-state index is 4.35. The van der Waals surface area contributed by atoms with E-state index < -0.39 is 0 Å². The van der Waals surface area contributed by atoms with E-state index in [0.717, 1.165) is 5.57 Å². The fourth-order valence-corrected chi connectivity index (χ4v) is 3.97. The summed E-state index contributed by atoms with van der Waals surface area (Å²) in [5, 5.41) is 0. The van der Waals surface area contributed by atoms with E-state index in [2.05, 4.69) is 124 Å². The molecule has 0 N–H and O–H groups in total. The standard InChI is InChI=1S/C31H34.C2H6/c1-6-7-10-15-23(2)24(3)29-20-30(25(4)27-16-11-8-12-17-27)22-31(21-29)26(5)28-18-13-9-14-19-28;1-2/h6-22,24-26H,2H2,1,3-5H3;1-2H3/b7-6-,15-10-;. The Hall–Kier alpha value is -3.12. The molecule has 3 aromatic rings. The van der Waals surface area contributed by atoms with E-state index >= 15 is 0 Å². The first-order valence-electron chi connectivity index (χ1n) is 12.2. The Kier molecular flexibility index (Phi) is 10.6. The summed E-state index contributed by atoms with van der Waals surface area (Å²) in [6.45, 7) is 17.2. The SMILES string of the molecule is C=C(/C=C\C=C/C)C(C)c1cc(C(C)c2ccccc2)cc(C(C)c2ccccc2)c1.CC. The van der Waals surface area contributed by atoms with Crippen LogP contribution in [0.1, 0.15) is 87.1 Å². The lowest BCUT2D eigenvalue weighted by molar-refractivity contribution is 0.856. The minimum atomic E-state index is 0.256. The predicted octanol–water partition coefficient (Wildman–Crippen LogP) is 9.81. The second-order valence-electron chi connectivity index (χ2n) is 8.38. The smallest absolute Gasteiger partial charge is 0.00612 e. The van der Waals surface area contributed by atoms with Crippen molar-refractivity contribution in [1.82, 2.24) is 0 Å². The molecule has 3 aromatic carbocycles. The van der Waals surface area contributed by atoms with Crippen molar-refractivity contribution in [2.45, 2.75) is 59.3 Å². The third kappa shape index (κ3) is 7.19. The molecule has 0 amide bonds. The van der Waals surface area contributed by atoms with Gasteiger partial charge in [-0.05, 0) is 40.3 Å². The van der Waals surface area contributed by atoms with Gasteiger partial charge >= 0.3 is 0 Å². The van der Waals surface area contributed by atoms with Crippen molar-refractivity contribution in [2.75, 3.05) is 0 Å². The first kappa shape index (κ1) is 26.1. The van der Waals surface area contributed by atoms with E-state index in [1.54, 1.807) is 0 Å². The van der Waals surface area contributed by atoms with Gasteiger partial charge in [0.05, 0.1) is 0 Å². The van der Waals surface area contributed by atoms with Gasteiger partial charge < -0.3 is 0 Å². The molecule has 0 aliphatic rings. The molecule has 0 spiro atoms. The summed E-state index contributed by atoms with van der Waals surface area (Å²) in [7, 11) is 0. The lowest BCUT2D eigenvalue weighted by atomic mass is 9.82. The lowest BCUT2D eigenvalue weighted by Crippen LogP contribution is -2.05. The molecular weight excluding hydrogens is 396 g/mol. The van der Waals surface area contributed by atoms with Crippen LogP contribution in [0, 0.1) is 0 Å². The third-order valence-corrected chi connectivity index (χ3v) is 6.27. The summed E-state index contributed by atoms with van der Waals surface area (Å²) in [5.41, 5.74) is 7.86. The first-order valence-corrected chi connectivity index (χ1v) is 12.2. The van der Waals surface area contributed by atoms with Crippen molar-refractivity contribution in [3.8, 4) is 0 Å². The molecule has 3 unspecified atom stereocenters. The molecule has 0 heteroatoms. The number of allylic oxidation sites excluding steroid dienone is 5. The molecular formula is C33H40. The molecule has 0 bridgehead atoms. The summed E-state index contributed by atoms with van der Waals surface area (Å²) < 4.78 is 0. The highest BCUT2D eigenvalue weighted by Crippen LogP contribution is 2.34. The Labute approximate surface area is 202 Å². The van der Waals surface area contributed by atoms with Gasteiger partial charge in [-0.1, -0.05) is 144 Å². The highest BCUT2D eigenvalue weighted by molar-refractivity contribution is 5.45. The predicted molar refractivity (Wildman–Crippen MR) is 147 cm³/mol. The maximum absolute atomic E-state index is 4.35. The molecule has 0 aromatic heterocycles. The number of benzene rings is 3. The summed E-state index contributed by atoms with van der Waals surface area (Å²) in [6, 6.07) is 28.7. The van der Waals surface area contributed by atoms with E-state index in [4.69, 9.17) is 0 Å². The average molecular weight is 437 g/mol. The molecule has 33 heavy (non-hydrogen) atoms. The van der Waals surface area contributed by atoms with Crippen LogP contribution in [-0.4, -0.2) is 0 Å². The van der Waals surface area contributed by atoms with E-state index in [1.807, 2.05) is 26.8 Å². The van der Waals surface area contributed by atoms with E-state index in [0.29, 0.717) is 11.8 Å². The molecule has 3 rings (SSSR count). The molecule has 172 valence electrons. The van der Waals surface area contributed by atoms with Crippen LogP contribution in [0.4, 0.5) is 0 Å². The minimum Gasteiger partial charge on any atom is -0.0952 e. The van der Waals surface area contributed by atoms with Gasteiger partial charge in [0.2, 0.25) is 0 Å². The fourth-order valence-electron chi connectivity index (χ4n) is 3.97. The zero-order valence-electron chi connectivity index (χ0n) is 21.3. The molecule has 0 aliphatic carbocycles. The van der Waals surface area contributed by atoms with Gasteiger partial charge in [-0.2, -0.15) is 0 Å². The van der Waals surface area contributed by atoms with Gasteiger partial charge in [0.1, 0.15) is 0 Å². The van der Waals surface area contributed by atoms with Crippen LogP contribution < -0.4 is 0 Å². The van der Waals surface area contributed by atoms with Gasteiger partial charge in [-0.15, -0.1) is 0 Å². The van der Waals surface area contributed by atoms with Crippen LogP contribution in [-0.2, 0) is 0 Å². The maximum Gasteiger partial charge on any atom is 0.00612 e. The summed E-state index contributed by atoms with van der Waals surface area (Å²) in [6.07, 6.45) is 8.28. The van der Waals surface area contributed by atoms with Crippen LogP contribution in [0.15, 0.2) is 115 Å². The summed E-state index contributed by atoms with van der Waals surface area (Å²) in [4.78, 5) is 0. The lowest BCUT2D eigenvalue weighted by Gasteiger charge is -2.22. The van der Waals surface area contributed by atoms with Gasteiger partial charge in [0.25, 0.3) is 0 Å². The molecule has 0 nitrogen and oxygen atoms in total. The first-order chi connectivity index (χ1) is 16.0. The van der Waals surface area contributed by atoms with Crippen LogP contribution in [0.2, 0.25) is 0 Å². The molecule has 3 atom stereocenters. The Morgan fingerprint density at radius 3 is 1.48 bits per heavy atom. The molecule has 0 fully saturated rings. The number of hydrogen-bond acceptors (Lipinski definition) is 0. The van der Waals surface area contributed by atoms with Crippen molar-refractivity contribution in [3.05, 3.63) is 143 Å². The molecule has 0 saturated carbocycles. The van der Waals surface area contributed by atoms with E-state index in [9.17, 15) is 0 Å². The minimum absolute atomic E-state index is 0.256. The number of hydrogen-bond donors (Lipinski definition) is 0. The van der Waals surface area contributed by atoms with Gasteiger partial charge in [-0.3, -0.25) is 0 Å². The largest absolute Gasteiger partial charge is 0.0952 e. The zero-order valence-corrected chi connectivity index (χ0v) is 21.3. The second kappa shape index (κ2) is 13.4. The quantitative estimate of drug-likeness (QED) is 0.308. The average Bonchev–Trinajstić information content (AvgIpc) is 2.89. The number of rotatable bonds is 8. The Bertz CT molecular complexity index is 974. The second-order valence-corrected chi connectivity index (χ2v) is 8.38. The fraction of sp³-hybridized carbons (Fsp3) is 0.273. The van der Waals surface area contributed by atoms with E-state index in [-0.39, 0.29) is 5.92 Å². The van der Waals surface area contributed by atoms with Gasteiger partial charge in [-0.25, -0.2) is 0 Å². The molecule has 0 saturated heterocycles. The normalized spacial score (nSPS) is 13.9. The van der Waals surface area contributed by atoms with Crippen LogP contribution >= 0.6 is 0 Å². The third-order valence-electron chi connectivity index (χ3n) is 6.27. The Balaban J connectivity index is 0.00000187. The summed E-state index contributed by atoms with van der Waals surface area (Å²) >= 11 is 0. The van der Waals surface area contributed by atoms with Gasteiger partial charge in [0, 0.05) is 17.8 Å². The van der Waals surface area contributed by atoms with Crippen LogP contribution in [0.5, 0.6) is 0 Å². The topological polar surface area (TPSA) is 0 Å². The monoisotopic (exact) mass is 436 g/mol. The van der Waals surface area contributed by atoms with Gasteiger partial charge in [0.15, 0.2) is 0 Å². The molecule has 0 radical (unpaired) electrons. The summed E-state index contributed by atoms with van der Waals surface area (Å²) in [5.74, 6) is 0.926. The molecule has 0 heterocycles. The van der Waals surface area contributed by atoms with Crippen molar-refractivity contribution in [2.24, 2.45) is 0 Å². The highest BCUT2D eigenvalue weighted by Gasteiger charge is 2.17. The van der Waals surface area contributed by atoms with Crippen molar-refractivity contribution in [1.29, 1.82) is 0 Å².